The molecule has 2 atom stereocenters. The standard InChI is InChI=1S/C10H16N2O4S/c13-10-8-2-1-3-12(9(8)4-11-10)17(14,15)7-5-16-6-7/h7-9H,1-6H2,(H,11,13)/t8-,9-/m1/s1. The quantitative estimate of drug-likeness (QED) is 0.685. The molecule has 0 aromatic heterocycles. The van der Waals surface area contributed by atoms with Gasteiger partial charge in [-0.05, 0) is 12.8 Å². The molecule has 0 radical (unpaired) electrons. The van der Waals surface area contributed by atoms with E-state index < -0.39 is 15.3 Å². The summed E-state index contributed by atoms with van der Waals surface area (Å²) in [7, 11) is -3.29. The smallest absolute Gasteiger partial charge is 0.224 e. The summed E-state index contributed by atoms with van der Waals surface area (Å²) < 4.78 is 31.1. The molecule has 96 valence electrons. The lowest BCUT2D eigenvalue weighted by Gasteiger charge is -2.39. The summed E-state index contributed by atoms with van der Waals surface area (Å²) in [5, 5.41) is 2.36. The van der Waals surface area contributed by atoms with Crippen molar-refractivity contribution in [3.63, 3.8) is 0 Å². The van der Waals surface area contributed by atoms with Crippen LogP contribution in [0.1, 0.15) is 12.8 Å². The Morgan fingerprint density at radius 2 is 2.12 bits per heavy atom. The zero-order valence-corrected chi connectivity index (χ0v) is 10.3. The molecule has 3 aliphatic rings. The minimum atomic E-state index is -3.29. The number of ether oxygens (including phenoxy) is 1. The maximum atomic E-state index is 12.3. The Morgan fingerprint density at radius 1 is 1.35 bits per heavy atom. The van der Waals surface area contributed by atoms with E-state index in [0.717, 1.165) is 12.8 Å². The zero-order chi connectivity index (χ0) is 12.0. The Morgan fingerprint density at radius 3 is 2.76 bits per heavy atom. The van der Waals surface area contributed by atoms with Crippen molar-refractivity contribution in [2.75, 3.05) is 26.3 Å². The maximum Gasteiger partial charge on any atom is 0.224 e. The van der Waals surface area contributed by atoms with Crippen molar-refractivity contribution >= 4 is 15.9 Å². The lowest BCUT2D eigenvalue weighted by molar-refractivity contribution is -0.123. The summed E-state index contributed by atoms with van der Waals surface area (Å²) in [5.41, 5.74) is 0. The van der Waals surface area contributed by atoms with Crippen molar-refractivity contribution in [2.45, 2.75) is 24.1 Å². The van der Waals surface area contributed by atoms with Gasteiger partial charge in [0.05, 0.1) is 25.2 Å². The second-order valence-electron chi connectivity index (χ2n) is 4.88. The first kappa shape index (κ1) is 11.4. The molecule has 6 nitrogen and oxygen atoms in total. The van der Waals surface area contributed by atoms with E-state index in [1.54, 1.807) is 0 Å². The molecule has 3 saturated heterocycles. The highest BCUT2D eigenvalue weighted by Crippen LogP contribution is 2.31. The predicted octanol–water partition coefficient (Wildman–Crippen LogP) is -1.07. The Labute approximate surface area is 100 Å². The first-order valence-corrected chi connectivity index (χ1v) is 7.47. The summed E-state index contributed by atoms with van der Waals surface area (Å²) in [4.78, 5) is 11.6. The lowest BCUT2D eigenvalue weighted by Crippen LogP contribution is -2.55. The molecule has 0 bridgehead atoms. The SMILES string of the molecule is O=C1NC[C@@H]2[C@H]1CCCN2S(=O)(=O)C1COC1. The lowest BCUT2D eigenvalue weighted by atomic mass is 9.93. The number of hydrogen-bond donors (Lipinski definition) is 1. The summed E-state index contributed by atoms with van der Waals surface area (Å²) in [6.07, 6.45) is 1.56. The van der Waals surface area contributed by atoms with E-state index in [2.05, 4.69) is 5.32 Å². The van der Waals surface area contributed by atoms with Gasteiger partial charge in [-0.1, -0.05) is 0 Å². The van der Waals surface area contributed by atoms with Crippen LogP contribution >= 0.6 is 0 Å². The molecule has 3 rings (SSSR count). The largest absolute Gasteiger partial charge is 0.378 e. The highest BCUT2D eigenvalue weighted by Gasteiger charge is 2.48. The van der Waals surface area contributed by atoms with E-state index >= 15 is 0 Å². The molecule has 7 heteroatoms. The molecule has 0 unspecified atom stereocenters. The first-order valence-electron chi connectivity index (χ1n) is 5.97. The van der Waals surface area contributed by atoms with Gasteiger partial charge in [-0.3, -0.25) is 4.79 Å². The second-order valence-corrected chi connectivity index (χ2v) is 7.04. The Balaban J connectivity index is 1.85. The van der Waals surface area contributed by atoms with Crippen molar-refractivity contribution < 1.29 is 17.9 Å². The van der Waals surface area contributed by atoms with Gasteiger partial charge in [0.1, 0.15) is 5.25 Å². The van der Waals surface area contributed by atoms with Gasteiger partial charge in [0.25, 0.3) is 0 Å². The van der Waals surface area contributed by atoms with Crippen LogP contribution in [0.2, 0.25) is 0 Å². The summed E-state index contributed by atoms with van der Waals surface area (Å²) in [6.45, 7) is 1.57. The van der Waals surface area contributed by atoms with E-state index in [4.69, 9.17) is 4.74 Å². The van der Waals surface area contributed by atoms with Crippen molar-refractivity contribution in [1.29, 1.82) is 0 Å². The molecule has 0 aromatic rings. The van der Waals surface area contributed by atoms with Crippen LogP contribution in [0, 0.1) is 5.92 Å². The second kappa shape index (κ2) is 3.93. The molecule has 1 N–H and O–H groups in total. The number of fused-ring (bicyclic) bond motifs is 1. The van der Waals surface area contributed by atoms with Gasteiger partial charge in [0, 0.05) is 13.1 Å². The van der Waals surface area contributed by atoms with Gasteiger partial charge in [-0.15, -0.1) is 0 Å². The van der Waals surface area contributed by atoms with Crippen LogP contribution in [0.3, 0.4) is 0 Å². The van der Waals surface area contributed by atoms with Crippen molar-refractivity contribution in [3.8, 4) is 0 Å². The molecule has 3 heterocycles. The highest BCUT2D eigenvalue weighted by molar-refractivity contribution is 7.89. The Hall–Kier alpha value is -0.660. The molecule has 0 aliphatic carbocycles. The number of carbonyl (C=O) groups is 1. The monoisotopic (exact) mass is 260 g/mol. The third-order valence-corrected chi connectivity index (χ3v) is 6.13. The van der Waals surface area contributed by atoms with Crippen molar-refractivity contribution in [2.24, 2.45) is 5.92 Å². The maximum absolute atomic E-state index is 12.3. The molecule has 3 fully saturated rings. The summed E-state index contributed by atoms with van der Waals surface area (Å²) >= 11 is 0. The number of piperidine rings is 1. The summed E-state index contributed by atoms with van der Waals surface area (Å²) in [6, 6.07) is -0.179. The fourth-order valence-electron chi connectivity index (χ4n) is 2.81. The number of sulfonamides is 1. The molecular weight excluding hydrogens is 244 g/mol. The van der Waals surface area contributed by atoms with Crippen LogP contribution in [-0.4, -0.2) is 56.2 Å². The average molecular weight is 260 g/mol. The highest BCUT2D eigenvalue weighted by atomic mass is 32.2. The van der Waals surface area contributed by atoms with Crippen LogP contribution in [0.4, 0.5) is 0 Å². The molecule has 17 heavy (non-hydrogen) atoms. The van der Waals surface area contributed by atoms with E-state index in [1.165, 1.54) is 4.31 Å². The number of rotatable bonds is 2. The number of hydrogen-bond acceptors (Lipinski definition) is 4. The average Bonchev–Trinajstić information content (AvgIpc) is 2.57. The number of nitrogens with zero attached hydrogens (tertiary/aromatic N) is 1. The Kier molecular flexibility index (Phi) is 2.64. The van der Waals surface area contributed by atoms with Crippen LogP contribution in [0.5, 0.6) is 0 Å². The molecule has 3 aliphatic heterocycles. The van der Waals surface area contributed by atoms with Gasteiger partial charge in [0.2, 0.25) is 15.9 Å². The zero-order valence-electron chi connectivity index (χ0n) is 9.46. The van der Waals surface area contributed by atoms with Gasteiger partial charge in [0.15, 0.2) is 0 Å². The van der Waals surface area contributed by atoms with Crippen LogP contribution in [0.25, 0.3) is 0 Å². The minimum absolute atomic E-state index is 0.000223. The number of nitrogens with one attached hydrogen (secondary N) is 1. The van der Waals surface area contributed by atoms with Crippen LogP contribution in [0.15, 0.2) is 0 Å². The van der Waals surface area contributed by atoms with E-state index in [0.29, 0.717) is 13.1 Å². The molecular formula is C10H16N2O4S. The van der Waals surface area contributed by atoms with Gasteiger partial charge in [-0.2, -0.15) is 4.31 Å². The van der Waals surface area contributed by atoms with Crippen LogP contribution in [-0.2, 0) is 19.6 Å². The molecule has 0 saturated carbocycles. The third-order valence-electron chi connectivity index (χ3n) is 3.91. The topological polar surface area (TPSA) is 75.7 Å². The molecule has 0 aromatic carbocycles. The number of amides is 1. The fourth-order valence-corrected chi connectivity index (χ4v) is 4.71. The predicted molar refractivity (Wildman–Crippen MR) is 59.8 cm³/mol. The Bertz CT molecular complexity index is 432. The van der Waals surface area contributed by atoms with Crippen molar-refractivity contribution in [1.82, 2.24) is 9.62 Å². The van der Waals surface area contributed by atoms with E-state index in [9.17, 15) is 13.2 Å². The van der Waals surface area contributed by atoms with Crippen molar-refractivity contribution in [3.05, 3.63) is 0 Å². The summed E-state index contributed by atoms with van der Waals surface area (Å²) in [5.74, 6) is -0.153. The van der Waals surface area contributed by atoms with Gasteiger partial charge in [-0.25, -0.2) is 8.42 Å². The van der Waals surface area contributed by atoms with E-state index in [1.807, 2.05) is 0 Å². The fraction of sp³-hybridized carbons (Fsp3) is 0.900. The third kappa shape index (κ3) is 1.68. The van der Waals surface area contributed by atoms with Gasteiger partial charge < -0.3 is 10.1 Å². The minimum Gasteiger partial charge on any atom is -0.378 e. The number of carbonyl (C=O) groups excluding carboxylic acids is 1. The van der Waals surface area contributed by atoms with Crippen LogP contribution < -0.4 is 5.32 Å². The van der Waals surface area contributed by atoms with E-state index in [-0.39, 0.29) is 31.1 Å². The molecule has 1 amide bonds. The molecule has 0 spiro atoms. The first-order chi connectivity index (χ1) is 8.10. The normalized spacial score (nSPS) is 35.2. The van der Waals surface area contributed by atoms with Gasteiger partial charge >= 0.3 is 0 Å².